The molecule has 1 spiro atoms. The van der Waals surface area contributed by atoms with Gasteiger partial charge in [-0.3, -0.25) is 24.2 Å². The second kappa shape index (κ2) is 9.58. The van der Waals surface area contributed by atoms with Gasteiger partial charge in [-0.1, -0.05) is 31.5 Å². The molecule has 2 atom stereocenters. The maximum absolute atomic E-state index is 13.0. The third-order valence-electron chi connectivity index (χ3n) is 5.99. The third-order valence-corrected chi connectivity index (χ3v) is 5.99. The van der Waals surface area contributed by atoms with Crippen LogP contribution in [0.15, 0.2) is 29.1 Å². The van der Waals surface area contributed by atoms with E-state index in [9.17, 15) is 14.4 Å². The number of carbonyl (C=O) groups is 3. The van der Waals surface area contributed by atoms with Crippen LogP contribution in [0, 0.1) is 0 Å². The van der Waals surface area contributed by atoms with Crippen molar-refractivity contribution < 1.29 is 19.5 Å². The molecule has 0 aliphatic carbocycles. The second-order valence-electron chi connectivity index (χ2n) is 7.70. The Balaban J connectivity index is 0.000000913. The number of rotatable bonds is 5. The zero-order valence-corrected chi connectivity index (χ0v) is 17.7. The predicted molar refractivity (Wildman–Crippen MR) is 116 cm³/mol. The number of hydrogen-bond donors (Lipinski definition) is 4. The van der Waals surface area contributed by atoms with Gasteiger partial charge in [0.25, 0.3) is 12.0 Å². The van der Waals surface area contributed by atoms with Crippen LogP contribution in [-0.2, 0) is 26.2 Å². The van der Waals surface area contributed by atoms with Crippen LogP contribution in [0.1, 0.15) is 43.9 Å². The van der Waals surface area contributed by atoms with Gasteiger partial charge in [-0.25, -0.2) is 0 Å². The SMILES string of the molecule is CCC[C@@H]1N(C(=O)CCc2nnc(N)[nH]c2=O)CC[C@@]12C(=O)Nc1ccccc12.O=CO. The maximum Gasteiger partial charge on any atom is 0.290 e. The van der Waals surface area contributed by atoms with Gasteiger partial charge in [-0.05, 0) is 24.5 Å². The fourth-order valence-corrected chi connectivity index (χ4v) is 4.68. The molecule has 0 radical (unpaired) electrons. The highest BCUT2D eigenvalue weighted by Crippen LogP contribution is 2.49. The van der Waals surface area contributed by atoms with Gasteiger partial charge in [0.05, 0.1) is 11.5 Å². The van der Waals surface area contributed by atoms with E-state index >= 15 is 0 Å². The minimum Gasteiger partial charge on any atom is -0.483 e. The summed E-state index contributed by atoms with van der Waals surface area (Å²) in [7, 11) is 0. The Bertz CT molecular complexity index is 1070. The third kappa shape index (κ3) is 4.05. The van der Waals surface area contributed by atoms with E-state index in [1.807, 2.05) is 29.2 Å². The molecule has 2 aliphatic rings. The molecule has 11 nitrogen and oxygen atoms in total. The zero-order chi connectivity index (χ0) is 23.3. The molecule has 2 amide bonds. The smallest absolute Gasteiger partial charge is 0.290 e. The van der Waals surface area contributed by atoms with E-state index in [2.05, 4.69) is 27.4 Å². The molecule has 170 valence electrons. The number of carboxylic acid groups (broad SMARTS) is 1. The average Bonchev–Trinajstić information content (AvgIpc) is 3.27. The lowest BCUT2D eigenvalue weighted by atomic mass is 9.73. The number of fused-ring (bicyclic) bond motifs is 2. The highest BCUT2D eigenvalue weighted by molar-refractivity contribution is 6.07. The maximum atomic E-state index is 13.0. The number of H-pyrrole nitrogens is 1. The Labute approximate surface area is 184 Å². The molecule has 5 N–H and O–H groups in total. The Hall–Kier alpha value is -3.76. The molecule has 0 bridgehead atoms. The van der Waals surface area contributed by atoms with E-state index in [-0.39, 0.29) is 48.8 Å². The number of nitrogen functional groups attached to an aromatic ring is 1. The van der Waals surface area contributed by atoms with Gasteiger partial charge in [0.2, 0.25) is 17.8 Å². The lowest BCUT2D eigenvalue weighted by molar-refractivity contribution is -0.133. The van der Waals surface area contributed by atoms with Gasteiger partial charge in [-0.2, -0.15) is 0 Å². The molecular weight excluding hydrogens is 416 g/mol. The van der Waals surface area contributed by atoms with Crippen molar-refractivity contribution in [3.05, 3.63) is 45.9 Å². The number of nitrogens with zero attached hydrogens (tertiary/aromatic N) is 3. The monoisotopic (exact) mass is 442 g/mol. The Morgan fingerprint density at radius 2 is 2.06 bits per heavy atom. The molecule has 1 saturated heterocycles. The van der Waals surface area contributed by atoms with Gasteiger partial charge in [0.15, 0.2) is 0 Å². The van der Waals surface area contributed by atoms with Crippen molar-refractivity contribution in [3.63, 3.8) is 0 Å². The van der Waals surface area contributed by atoms with Crippen LogP contribution in [0.4, 0.5) is 11.6 Å². The van der Waals surface area contributed by atoms with Crippen LogP contribution >= 0.6 is 0 Å². The number of benzene rings is 1. The van der Waals surface area contributed by atoms with E-state index in [0.29, 0.717) is 13.0 Å². The van der Waals surface area contributed by atoms with Crippen LogP contribution in [0.2, 0.25) is 0 Å². The van der Waals surface area contributed by atoms with Crippen molar-refractivity contribution >= 4 is 29.9 Å². The summed E-state index contributed by atoms with van der Waals surface area (Å²) in [5.74, 6) is -0.177. The largest absolute Gasteiger partial charge is 0.483 e. The zero-order valence-electron chi connectivity index (χ0n) is 17.7. The fraction of sp³-hybridized carbons (Fsp3) is 0.429. The van der Waals surface area contributed by atoms with E-state index in [1.165, 1.54) is 0 Å². The Morgan fingerprint density at radius 1 is 1.34 bits per heavy atom. The summed E-state index contributed by atoms with van der Waals surface area (Å²) >= 11 is 0. The van der Waals surface area contributed by atoms with Crippen molar-refractivity contribution in [1.29, 1.82) is 0 Å². The number of nitrogens with two attached hydrogens (primary N) is 1. The van der Waals surface area contributed by atoms with Gasteiger partial charge >= 0.3 is 0 Å². The average molecular weight is 442 g/mol. The number of carbonyl (C=O) groups excluding carboxylic acids is 2. The van der Waals surface area contributed by atoms with Crippen LogP contribution in [-0.4, -0.2) is 56.1 Å². The topological polar surface area (TPSA) is 171 Å². The quantitative estimate of drug-likeness (QED) is 0.489. The number of anilines is 2. The van der Waals surface area contributed by atoms with Crippen molar-refractivity contribution in [1.82, 2.24) is 20.1 Å². The number of aryl methyl sites for hydroxylation is 1. The van der Waals surface area contributed by atoms with Crippen molar-refractivity contribution in [2.24, 2.45) is 0 Å². The number of para-hydroxylation sites is 1. The highest BCUT2D eigenvalue weighted by Gasteiger charge is 2.58. The number of hydrogen-bond acceptors (Lipinski definition) is 7. The molecule has 2 aliphatic heterocycles. The molecule has 0 saturated carbocycles. The Morgan fingerprint density at radius 3 is 2.75 bits per heavy atom. The van der Waals surface area contributed by atoms with E-state index in [1.54, 1.807) is 0 Å². The molecule has 1 aromatic carbocycles. The van der Waals surface area contributed by atoms with Crippen molar-refractivity contribution in [2.75, 3.05) is 17.6 Å². The molecule has 11 heteroatoms. The van der Waals surface area contributed by atoms with Gasteiger partial charge < -0.3 is 21.1 Å². The summed E-state index contributed by atoms with van der Waals surface area (Å²) in [5, 5.41) is 17.3. The highest BCUT2D eigenvalue weighted by atomic mass is 16.3. The summed E-state index contributed by atoms with van der Waals surface area (Å²) in [5.41, 5.74) is 6.25. The molecular formula is C21H26N6O5. The Kier molecular flexibility index (Phi) is 6.86. The number of amides is 2. The first-order chi connectivity index (χ1) is 15.4. The number of nitrogens with one attached hydrogen (secondary N) is 2. The van der Waals surface area contributed by atoms with Crippen LogP contribution in [0.5, 0.6) is 0 Å². The standard InChI is InChI=1S/C20H24N6O3.CH2O2/c1-2-5-15-20(12-6-3-4-7-13(12)22-18(20)29)10-11-26(15)16(27)9-8-14-17(28)23-19(21)25-24-14;2-1-3/h3-4,6-7,15H,2,5,8-11H2,1H3,(H,22,29)(H3,21,23,25,28);1H,(H,2,3)/t15-,20-;/m0./s1. The molecule has 4 rings (SSSR count). The summed E-state index contributed by atoms with van der Waals surface area (Å²) in [4.78, 5) is 50.6. The number of aromatic amines is 1. The molecule has 3 heterocycles. The van der Waals surface area contributed by atoms with Gasteiger partial charge in [-0.15, -0.1) is 10.2 Å². The molecule has 0 unspecified atom stereocenters. The van der Waals surface area contributed by atoms with Crippen molar-refractivity contribution in [2.45, 2.75) is 50.5 Å². The summed E-state index contributed by atoms with van der Waals surface area (Å²) in [6.45, 7) is 2.31. The molecule has 1 aromatic heterocycles. The lowest BCUT2D eigenvalue weighted by Gasteiger charge is -2.34. The first-order valence-corrected chi connectivity index (χ1v) is 10.4. The predicted octanol–water partition coefficient (Wildman–Crippen LogP) is 0.672. The van der Waals surface area contributed by atoms with Crippen molar-refractivity contribution in [3.8, 4) is 0 Å². The fourth-order valence-electron chi connectivity index (χ4n) is 4.68. The second-order valence-corrected chi connectivity index (χ2v) is 7.70. The molecule has 2 aromatic rings. The van der Waals surface area contributed by atoms with E-state index in [0.717, 1.165) is 24.1 Å². The number of aromatic nitrogens is 3. The molecule has 32 heavy (non-hydrogen) atoms. The van der Waals surface area contributed by atoms with Gasteiger partial charge in [0.1, 0.15) is 5.69 Å². The first kappa shape index (κ1) is 22.9. The lowest BCUT2D eigenvalue weighted by Crippen LogP contribution is -2.48. The minimum atomic E-state index is -0.708. The van der Waals surface area contributed by atoms with Gasteiger partial charge in [0, 0.05) is 25.1 Å². The summed E-state index contributed by atoms with van der Waals surface area (Å²) in [6.07, 6.45) is 2.48. The van der Waals surface area contributed by atoms with Crippen LogP contribution < -0.4 is 16.6 Å². The van der Waals surface area contributed by atoms with Crippen LogP contribution in [0.25, 0.3) is 0 Å². The first-order valence-electron chi connectivity index (χ1n) is 10.4. The summed E-state index contributed by atoms with van der Waals surface area (Å²) in [6, 6.07) is 7.50. The summed E-state index contributed by atoms with van der Waals surface area (Å²) < 4.78 is 0. The number of likely N-dealkylation sites (tertiary alicyclic amines) is 1. The van der Waals surface area contributed by atoms with Crippen LogP contribution in [0.3, 0.4) is 0 Å². The normalized spacial score (nSPS) is 21.0. The van der Waals surface area contributed by atoms with E-state index < -0.39 is 11.0 Å². The van der Waals surface area contributed by atoms with E-state index in [4.69, 9.17) is 15.6 Å². The molecule has 1 fully saturated rings. The minimum absolute atomic E-state index is 0.0340.